The SMILES string of the molecule is Cc1cc(=O)n2nc(SCCCC(F)(F)F)nc2n1Cc1ccc(Cl)nc1. The van der Waals surface area contributed by atoms with Crippen molar-refractivity contribution in [2.24, 2.45) is 0 Å². The third kappa shape index (κ3) is 5.01. The van der Waals surface area contributed by atoms with Gasteiger partial charge in [0.1, 0.15) is 5.15 Å². The highest BCUT2D eigenvalue weighted by atomic mass is 35.5. The highest BCUT2D eigenvalue weighted by Crippen LogP contribution is 2.24. The zero-order valence-corrected chi connectivity index (χ0v) is 15.8. The first-order valence-corrected chi connectivity index (χ1v) is 9.36. The van der Waals surface area contributed by atoms with Gasteiger partial charge in [0.15, 0.2) is 0 Å². The fourth-order valence-corrected chi connectivity index (χ4v) is 3.33. The van der Waals surface area contributed by atoms with E-state index in [0.29, 0.717) is 23.2 Å². The topological polar surface area (TPSA) is 65.1 Å². The van der Waals surface area contributed by atoms with Gasteiger partial charge in [-0.25, -0.2) is 4.98 Å². The number of rotatable bonds is 6. The normalized spacial score (nSPS) is 12.0. The number of fused-ring (bicyclic) bond motifs is 1. The quantitative estimate of drug-likeness (QED) is 0.347. The van der Waals surface area contributed by atoms with E-state index in [1.807, 2.05) is 6.07 Å². The van der Waals surface area contributed by atoms with Gasteiger partial charge >= 0.3 is 6.18 Å². The molecule has 0 aliphatic carbocycles. The van der Waals surface area contributed by atoms with Crippen LogP contribution in [0.2, 0.25) is 5.15 Å². The number of aryl methyl sites for hydroxylation is 1. The number of thioether (sulfide) groups is 1. The number of hydrogen-bond donors (Lipinski definition) is 0. The summed E-state index contributed by atoms with van der Waals surface area (Å²) in [6, 6.07) is 4.91. The molecule has 0 spiro atoms. The molecule has 3 aromatic heterocycles. The Balaban J connectivity index is 1.84. The minimum absolute atomic E-state index is 0.0383. The van der Waals surface area contributed by atoms with E-state index in [4.69, 9.17) is 11.6 Å². The third-order valence-corrected chi connectivity index (χ3v) is 4.89. The second-order valence-corrected chi connectivity index (χ2v) is 7.32. The maximum Gasteiger partial charge on any atom is 0.389 e. The summed E-state index contributed by atoms with van der Waals surface area (Å²) in [5.41, 5.74) is 1.20. The molecule has 0 fully saturated rings. The number of halogens is 4. The number of hydrogen-bond acceptors (Lipinski definition) is 5. The van der Waals surface area contributed by atoms with Crippen molar-refractivity contribution >= 4 is 29.1 Å². The summed E-state index contributed by atoms with van der Waals surface area (Å²) in [6.45, 7) is 2.17. The Bertz CT molecular complexity index is 1000. The van der Waals surface area contributed by atoms with Crippen molar-refractivity contribution in [3.05, 3.63) is 51.2 Å². The lowest BCUT2D eigenvalue weighted by atomic mass is 10.3. The van der Waals surface area contributed by atoms with E-state index in [2.05, 4.69) is 15.1 Å². The minimum atomic E-state index is -4.18. The van der Waals surface area contributed by atoms with Crippen molar-refractivity contribution in [1.82, 2.24) is 24.1 Å². The summed E-state index contributed by atoms with van der Waals surface area (Å²) < 4.78 is 39.6. The van der Waals surface area contributed by atoms with Crippen molar-refractivity contribution in [3.63, 3.8) is 0 Å². The molecule has 144 valence electrons. The van der Waals surface area contributed by atoms with Crippen LogP contribution in [0.1, 0.15) is 24.1 Å². The fraction of sp³-hybridized carbons (Fsp3) is 0.375. The molecule has 0 saturated carbocycles. The van der Waals surface area contributed by atoms with Crippen LogP contribution < -0.4 is 5.56 Å². The summed E-state index contributed by atoms with van der Waals surface area (Å²) in [6.07, 6.45) is -3.45. The van der Waals surface area contributed by atoms with Crippen molar-refractivity contribution in [2.45, 2.75) is 37.6 Å². The standard InChI is InChI=1S/C16H15ClF3N5OS/c1-10-7-13(26)25-15(24(10)9-11-3-4-12(17)21-8-11)22-14(23-25)27-6-2-5-16(18,19)20/h3-4,7-8H,2,5-6,9H2,1H3. The lowest BCUT2D eigenvalue weighted by Gasteiger charge is -2.11. The van der Waals surface area contributed by atoms with Gasteiger partial charge < -0.3 is 4.57 Å². The predicted octanol–water partition coefficient (Wildman–Crippen LogP) is 3.73. The van der Waals surface area contributed by atoms with E-state index < -0.39 is 12.6 Å². The first-order valence-electron chi connectivity index (χ1n) is 8.00. The highest BCUT2D eigenvalue weighted by molar-refractivity contribution is 7.99. The first kappa shape index (κ1) is 19.7. The number of nitrogens with zero attached hydrogens (tertiary/aromatic N) is 5. The predicted molar refractivity (Wildman–Crippen MR) is 96.3 cm³/mol. The average Bonchev–Trinajstić information content (AvgIpc) is 3.01. The molecular formula is C16H15ClF3N5OS. The van der Waals surface area contributed by atoms with E-state index in [0.717, 1.165) is 21.8 Å². The third-order valence-electron chi connectivity index (χ3n) is 3.74. The van der Waals surface area contributed by atoms with Crippen molar-refractivity contribution < 1.29 is 13.2 Å². The minimum Gasteiger partial charge on any atom is -0.310 e. The summed E-state index contributed by atoms with van der Waals surface area (Å²) in [5, 5.41) is 4.76. The van der Waals surface area contributed by atoms with Crippen molar-refractivity contribution in [1.29, 1.82) is 0 Å². The van der Waals surface area contributed by atoms with Crippen LogP contribution in [0.4, 0.5) is 13.2 Å². The first-order chi connectivity index (χ1) is 12.7. The summed E-state index contributed by atoms with van der Waals surface area (Å²) in [5.74, 6) is 0.540. The van der Waals surface area contributed by atoms with E-state index >= 15 is 0 Å². The molecule has 0 saturated heterocycles. The molecule has 0 aromatic carbocycles. The largest absolute Gasteiger partial charge is 0.389 e. The summed E-state index contributed by atoms with van der Waals surface area (Å²) in [7, 11) is 0. The zero-order valence-electron chi connectivity index (χ0n) is 14.2. The molecule has 0 atom stereocenters. The van der Waals surface area contributed by atoms with Gasteiger partial charge in [-0.1, -0.05) is 29.4 Å². The smallest absolute Gasteiger partial charge is 0.310 e. The average molecular weight is 418 g/mol. The van der Waals surface area contributed by atoms with Gasteiger partial charge in [-0.05, 0) is 25.0 Å². The summed E-state index contributed by atoms with van der Waals surface area (Å²) >= 11 is 6.89. The molecule has 6 nitrogen and oxygen atoms in total. The molecule has 0 aliphatic heterocycles. The Morgan fingerprint density at radius 3 is 2.74 bits per heavy atom. The number of pyridine rings is 1. The Hall–Kier alpha value is -2.07. The second kappa shape index (κ2) is 7.89. The van der Waals surface area contributed by atoms with Crippen LogP contribution in [0.15, 0.2) is 34.3 Å². The van der Waals surface area contributed by atoms with Gasteiger partial charge in [-0.15, -0.1) is 5.10 Å². The van der Waals surface area contributed by atoms with Gasteiger partial charge in [0.25, 0.3) is 5.56 Å². The molecule has 0 aliphatic rings. The zero-order chi connectivity index (χ0) is 19.6. The van der Waals surface area contributed by atoms with Gasteiger partial charge in [0, 0.05) is 30.1 Å². The van der Waals surface area contributed by atoms with E-state index in [1.165, 1.54) is 6.07 Å². The second-order valence-electron chi connectivity index (χ2n) is 5.87. The molecule has 3 rings (SSSR count). The molecule has 0 N–H and O–H groups in total. The van der Waals surface area contributed by atoms with Gasteiger partial charge in [-0.3, -0.25) is 4.79 Å². The van der Waals surface area contributed by atoms with Crippen LogP contribution in [-0.2, 0) is 6.54 Å². The Morgan fingerprint density at radius 2 is 2.07 bits per heavy atom. The van der Waals surface area contributed by atoms with E-state index in [-0.39, 0.29) is 22.9 Å². The molecular weight excluding hydrogens is 403 g/mol. The molecule has 0 radical (unpaired) electrons. The van der Waals surface area contributed by atoms with Crippen molar-refractivity contribution in [3.8, 4) is 0 Å². The number of aromatic nitrogens is 5. The monoisotopic (exact) mass is 417 g/mol. The molecule has 3 aromatic rings. The lowest BCUT2D eigenvalue weighted by molar-refractivity contribution is -0.134. The van der Waals surface area contributed by atoms with Crippen LogP contribution >= 0.6 is 23.4 Å². The molecule has 3 heterocycles. The number of alkyl halides is 3. The van der Waals surface area contributed by atoms with Gasteiger partial charge in [-0.2, -0.15) is 22.7 Å². The van der Waals surface area contributed by atoms with Crippen LogP contribution in [0.5, 0.6) is 0 Å². The lowest BCUT2D eigenvalue weighted by Crippen LogP contribution is -2.20. The maximum atomic E-state index is 12.2. The fourth-order valence-electron chi connectivity index (χ4n) is 2.46. The van der Waals surface area contributed by atoms with Crippen LogP contribution in [0.3, 0.4) is 0 Å². The highest BCUT2D eigenvalue weighted by Gasteiger charge is 2.26. The Kier molecular flexibility index (Phi) is 5.75. The molecule has 0 bridgehead atoms. The maximum absolute atomic E-state index is 12.2. The van der Waals surface area contributed by atoms with Crippen LogP contribution in [0, 0.1) is 6.92 Å². The van der Waals surface area contributed by atoms with E-state index in [9.17, 15) is 18.0 Å². The van der Waals surface area contributed by atoms with Crippen molar-refractivity contribution in [2.75, 3.05) is 5.75 Å². The van der Waals surface area contributed by atoms with Crippen LogP contribution in [0.25, 0.3) is 5.78 Å². The Morgan fingerprint density at radius 1 is 1.30 bits per heavy atom. The van der Waals surface area contributed by atoms with Crippen LogP contribution in [-0.4, -0.2) is 36.1 Å². The Labute approximate surface area is 161 Å². The summed E-state index contributed by atoms with van der Waals surface area (Å²) in [4.78, 5) is 20.5. The molecule has 11 heteroatoms. The van der Waals surface area contributed by atoms with E-state index in [1.54, 1.807) is 23.8 Å². The molecule has 27 heavy (non-hydrogen) atoms. The van der Waals surface area contributed by atoms with Gasteiger partial charge in [0.05, 0.1) is 6.54 Å². The molecule has 0 amide bonds. The molecule has 0 unspecified atom stereocenters. The van der Waals surface area contributed by atoms with Gasteiger partial charge in [0.2, 0.25) is 10.9 Å².